The lowest BCUT2D eigenvalue weighted by Gasteiger charge is -2.26. The number of rotatable bonds is 5. The molecule has 1 atom stereocenters. The predicted octanol–water partition coefficient (Wildman–Crippen LogP) is 2.70. The largest absolute Gasteiger partial charge is 0.481 e. The molecule has 0 radical (unpaired) electrons. The molecule has 0 aliphatic rings. The van der Waals surface area contributed by atoms with E-state index in [0.717, 1.165) is 11.3 Å². The van der Waals surface area contributed by atoms with Crippen LogP contribution in [0.1, 0.15) is 26.3 Å². The minimum absolute atomic E-state index is 0.0568. The molecular weight excluding hydrogens is 242 g/mol. The molecule has 0 aromatic heterocycles. The van der Waals surface area contributed by atoms with Gasteiger partial charge in [-0.1, -0.05) is 32.9 Å². The molecule has 0 aliphatic heterocycles. The van der Waals surface area contributed by atoms with Crippen molar-refractivity contribution in [1.29, 1.82) is 0 Å². The summed E-state index contributed by atoms with van der Waals surface area (Å²) in [5.74, 6) is -1.71. The third kappa shape index (κ3) is 4.09. The molecule has 1 unspecified atom stereocenters. The van der Waals surface area contributed by atoms with Crippen molar-refractivity contribution in [3.8, 4) is 0 Å². The Morgan fingerprint density at radius 3 is 2.37 bits per heavy atom. The highest BCUT2D eigenvalue weighted by Crippen LogP contribution is 2.20. The Morgan fingerprint density at radius 2 is 1.89 bits per heavy atom. The molecule has 0 saturated heterocycles. The molecule has 1 aromatic rings. The van der Waals surface area contributed by atoms with Gasteiger partial charge in [-0.25, -0.2) is 0 Å². The van der Waals surface area contributed by atoms with Crippen LogP contribution in [0.4, 0.5) is 5.69 Å². The first-order valence-electron chi connectivity index (χ1n) is 6.43. The van der Waals surface area contributed by atoms with Crippen molar-refractivity contribution in [2.45, 2.75) is 27.7 Å². The number of amides is 1. The Bertz CT molecular complexity index is 468. The predicted molar refractivity (Wildman–Crippen MR) is 75.2 cm³/mol. The number of carbonyl (C=O) groups excluding carboxylic acids is 1. The van der Waals surface area contributed by atoms with Gasteiger partial charge < -0.3 is 10.0 Å². The molecule has 1 aromatic carbocycles. The van der Waals surface area contributed by atoms with Crippen LogP contribution in [0.15, 0.2) is 24.3 Å². The summed E-state index contributed by atoms with van der Waals surface area (Å²) in [4.78, 5) is 24.8. The fraction of sp³-hybridized carbons (Fsp3) is 0.467. The van der Waals surface area contributed by atoms with Gasteiger partial charge in [-0.3, -0.25) is 9.59 Å². The SMILES string of the molecule is Cc1cccc(N(CC(C)C(=O)O)C(=O)C(C)C)c1. The first-order chi connectivity index (χ1) is 8.82. The van der Waals surface area contributed by atoms with Crippen LogP contribution in [0, 0.1) is 18.8 Å². The van der Waals surface area contributed by atoms with Gasteiger partial charge in [-0.05, 0) is 24.6 Å². The lowest BCUT2D eigenvalue weighted by molar-refractivity contribution is -0.140. The molecule has 0 spiro atoms. The number of aliphatic carboxylic acids is 1. The minimum atomic E-state index is -0.894. The number of benzene rings is 1. The van der Waals surface area contributed by atoms with Gasteiger partial charge in [0.15, 0.2) is 0 Å². The van der Waals surface area contributed by atoms with Crippen LogP contribution in [-0.2, 0) is 9.59 Å². The first kappa shape index (κ1) is 15.2. The summed E-state index contributed by atoms with van der Waals surface area (Å²) in [6.07, 6.45) is 0. The third-order valence-corrected chi connectivity index (χ3v) is 2.95. The lowest BCUT2D eigenvalue weighted by atomic mass is 10.1. The quantitative estimate of drug-likeness (QED) is 0.888. The van der Waals surface area contributed by atoms with Crippen molar-refractivity contribution in [3.63, 3.8) is 0 Å². The minimum Gasteiger partial charge on any atom is -0.481 e. The lowest BCUT2D eigenvalue weighted by Crippen LogP contribution is -2.39. The molecule has 4 heteroatoms. The van der Waals surface area contributed by atoms with Gasteiger partial charge in [-0.15, -0.1) is 0 Å². The van der Waals surface area contributed by atoms with Crippen molar-refractivity contribution in [3.05, 3.63) is 29.8 Å². The molecule has 1 rings (SSSR count). The molecule has 0 saturated carbocycles. The summed E-state index contributed by atoms with van der Waals surface area (Å²) < 4.78 is 0. The van der Waals surface area contributed by atoms with Gasteiger partial charge in [0, 0.05) is 18.2 Å². The van der Waals surface area contributed by atoms with Gasteiger partial charge in [0.1, 0.15) is 0 Å². The van der Waals surface area contributed by atoms with E-state index in [4.69, 9.17) is 5.11 Å². The molecule has 0 bridgehead atoms. The van der Waals surface area contributed by atoms with Crippen LogP contribution < -0.4 is 4.90 Å². The van der Waals surface area contributed by atoms with Crippen molar-refractivity contribution in [2.75, 3.05) is 11.4 Å². The molecular formula is C15H21NO3. The zero-order valence-corrected chi connectivity index (χ0v) is 11.9. The second-order valence-corrected chi connectivity index (χ2v) is 5.18. The van der Waals surface area contributed by atoms with Gasteiger partial charge in [0.05, 0.1) is 5.92 Å². The van der Waals surface area contributed by atoms with Crippen LogP contribution in [0.5, 0.6) is 0 Å². The Morgan fingerprint density at radius 1 is 1.26 bits per heavy atom. The normalized spacial score (nSPS) is 12.3. The molecule has 4 nitrogen and oxygen atoms in total. The summed E-state index contributed by atoms with van der Waals surface area (Å²) >= 11 is 0. The van der Waals surface area contributed by atoms with E-state index in [1.165, 1.54) is 0 Å². The third-order valence-electron chi connectivity index (χ3n) is 2.95. The van der Waals surface area contributed by atoms with E-state index in [-0.39, 0.29) is 18.4 Å². The van der Waals surface area contributed by atoms with E-state index in [9.17, 15) is 9.59 Å². The van der Waals surface area contributed by atoms with E-state index in [1.807, 2.05) is 45.0 Å². The van der Waals surface area contributed by atoms with Gasteiger partial charge in [0.25, 0.3) is 0 Å². The van der Waals surface area contributed by atoms with E-state index in [0.29, 0.717) is 0 Å². The average Bonchev–Trinajstić information content (AvgIpc) is 2.34. The molecule has 1 N–H and O–H groups in total. The van der Waals surface area contributed by atoms with Gasteiger partial charge in [-0.2, -0.15) is 0 Å². The van der Waals surface area contributed by atoms with Crippen LogP contribution in [0.25, 0.3) is 0 Å². The highest BCUT2D eigenvalue weighted by atomic mass is 16.4. The molecule has 0 aliphatic carbocycles. The molecule has 1 amide bonds. The molecule has 0 heterocycles. The second kappa shape index (κ2) is 6.36. The molecule has 0 fully saturated rings. The highest BCUT2D eigenvalue weighted by molar-refractivity contribution is 5.95. The molecule has 19 heavy (non-hydrogen) atoms. The average molecular weight is 263 g/mol. The summed E-state index contributed by atoms with van der Waals surface area (Å²) in [6.45, 7) is 7.38. The van der Waals surface area contributed by atoms with E-state index < -0.39 is 11.9 Å². The number of carboxylic acids is 1. The van der Waals surface area contributed by atoms with E-state index in [1.54, 1.807) is 11.8 Å². The maximum atomic E-state index is 12.2. The van der Waals surface area contributed by atoms with E-state index >= 15 is 0 Å². The fourth-order valence-corrected chi connectivity index (χ4v) is 1.78. The number of anilines is 1. The Hall–Kier alpha value is -1.84. The summed E-state index contributed by atoms with van der Waals surface area (Å²) in [6, 6.07) is 7.55. The maximum absolute atomic E-state index is 12.2. The van der Waals surface area contributed by atoms with Crippen molar-refractivity contribution in [1.82, 2.24) is 0 Å². The number of hydrogen-bond acceptors (Lipinski definition) is 2. The standard InChI is InChI=1S/C15H21NO3/c1-10(2)14(17)16(9-12(4)15(18)19)13-7-5-6-11(3)8-13/h5-8,10,12H,9H2,1-4H3,(H,18,19). The van der Waals surface area contributed by atoms with Crippen LogP contribution in [0.3, 0.4) is 0 Å². The summed E-state index contributed by atoms with van der Waals surface area (Å²) in [5.41, 5.74) is 1.80. The zero-order chi connectivity index (χ0) is 14.6. The van der Waals surface area contributed by atoms with Crippen molar-refractivity contribution >= 4 is 17.6 Å². The Balaban J connectivity index is 3.05. The van der Waals surface area contributed by atoms with E-state index in [2.05, 4.69) is 0 Å². The number of nitrogens with zero attached hydrogens (tertiary/aromatic N) is 1. The Labute approximate surface area is 114 Å². The summed E-state index contributed by atoms with van der Waals surface area (Å²) in [7, 11) is 0. The van der Waals surface area contributed by atoms with Crippen molar-refractivity contribution in [2.24, 2.45) is 11.8 Å². The van der Waals surface area contributed by atoms with Gasteiger partial charge >= 0.3 is 5.97 Å². The fourth-order valence-electron chi connectivity index (χ4n) is 1.78. The first-order valence-corrected chi connectivity index (χ1v) is 6.43. The smallest absolute Gasteiger partial charge is 0.308 e. The van der Waals surface area contributed by atoms with Gasteiger partial charge in [0.2, 0.25) is 5.91 Å². The highest BCUT2D eigenvalue weighted by Gasteiger charge is 2.23. The second-order valence-electron chi connectivity index (χ2n) is 5.18. The summed E-state index contributed by atoms with van der Waals surface area (Å²) in [5, 5.41) is 9.01. The van der Waals surface area contributed by atoms with Crippen LogP contribution in [0.2, 0.25) is 0 Å². The van der Waals surface area contributed by atoms with Crippen LogP contribution in [-0.4, -0.2) is 23.5 Å². The number of hydrogen-bond donors (Lipinski definition) is 1. The van der Waals surface area contributed by atoms with Crippen LogP contribution >= 0.6 is 0 Å². The topological polar surface area (TPSA) is 57.6 Å². The molecule has 104 valence electrons. The Kier molecular flexibility index (Phi) is 5.10. The zero-order valence-electron chi connectivity index (χ0n) is 11.9. The monoisotopic (exact) mass is 263 g/mol. The van der Waals surface area contributed by atoms with Crippen molar-refractivity contribution < 1.29 is 14.7 Å². The maximum Gasteiger partial charge on any atom is 0.308 e. The number of carbonyl (C=O) groups is 2. The number of aryl methyl sites for hydroxylation is 1. The number of carboxylic acid groups (broad SMARTS) is 1.